The fourth-order valence-corrected chi connectivity index (χ4v) is 11.5. The summed E-state index contributed by atoms with van der Waals surface area (Å²) in [5.41, 5.74) is 5.19. The number of hydrogen-bond acceptors (Lipinski definition) is 2. The molecule has 0 aliphatic rings. The van der Waals surface area contributed by atoms with E-state index in [1.807, 2.05) is 22.7 Å². The molecule has 0 spiro atoms. The molecule has 0 nitrogen and oxygen atoms in total. The molecule has 0 aliphatic heterocycles. The number of fused-ring (bicyclic) bond motifs is 12. The van der Waals surface area contributed by atoms with Crippen LogP contribution >= 0.6 is 45.3 Å². The van der Waals surface area contributed by atoms with Gasteiger partial charge in [-0.2, -0.15) is 0 Å². The van der Waals surface area contributed by atoms with Crippen LogP contribution in [0, 0.1) is 3.57 Å². The van der Waals surface area contributed by atoms with E-state index in [9.17, 15) is 0 Å². The van der Waals surface area contributed by atoms with E-state index in [4.69, 9.17) is 0 Å². The van der Waals surface area contributed by atoms with E-state index in [0.717, 1.165) is 0 Å². The average molecular weight is 769 g/mol. The van der Waals surface area contributed by atoms with Crippen LogP contribution in [0.1, 0.15) is 0 Å². The molecule has 228 valence electrons. The third-order valence-corrected chi connectivity index (χ3v) is 13.9. The fourth-order valence-electron chi connectivity index (χ4n) is 8.23. The van der Waals surface area contributed by atoms with E-state index >= 15 is 0 Å². The highest BCUT2D eigenvalue weighted by Crippen LogP contribution is 2.52. The minimum absolute atomic E-state index is 1.25. The Morgan fingerprint density at radius 2 is 0.878 bits per heavy atom. The van der Waals surface area contributed by atoms with Crippen LogP contribution in [0.3, 0.4) is 0 Å². The Hall–Kier alpha value is -4.81. The van der Waals surface area contributed by atoms with Crippen molar-refractivity contribution in [3.05, 3.63) is 155 Å². The molecule has 0 saturated carbocycles. The van der Waals surface area contributed by atoms with Crippen molar-refractivity contribution in [3.63, 3.8) is 0 Å². The third kappa shape index (κ3) is 4.01. The number of benzene rings is 9. The SMILES string of the molecule is Ic1cc2cc(-c3c4ccccc4c(-c4ccc5ccccc5c4)c4ccccc34)c3sc4ccccc4c3c2c2c1sc1ccccc12. The smallest absolute Gasteiger partial charge is 0.0495 e. The molecule has 0 saturated heterocycles. The van der Waals surface area contributed by atoms with Gasteiger partial charge in [0.1, 0.15) is 0 Å². The summed E-state index contributed by atoms with van der Waals surface area (Å²) in [5, 5.41) is 15.8. The first-order chi connectivity index (χ1) is 24.2. The van der Waals surface area contributed by atoms with Crippen LogP contribution in [0.15, 0.2) is 152 Å². The van der Waals surface area contributed by atoms with Crippen LogP contribution in [0.2, 0.25) is 0 Å². The highest BCUT2D eigenvalue weighted by molar-refractivity contribution is 14.1. The topological polar surface area (TPSA) is 0 Å². The van der Waals surface area contributed by atoms with Gasteiger partial charge in [-0.15, -0.1) is 22.7 Å². The van der Waals surface area contributed by atoms with Crippen molar-refractivity contribution in [3.8, 4) is 22.3 Å². The van der Waals surface area contributed by atoms with Crippen LogP contribution in [0.25, 0.3) is 106 Å². The molecule has 0 atom stereocenters. The van der Waals surface area contributed by atoms with Gasteiger partial charge in [-0.25, -0.2) is 0 Å². The lowest BCUT2D eigenvalue weighted by molar-refractivity contribution is 1.69. The summed E-state index contributed by atoms with van der Waals surface area (Å²) in [6.07, 6.45) is 0. The van der Waals surface area contributed by atoms with Gasteiger partial charge in [-0.1, -0.05) is 121 Å². The van der Waals surface area contributed by atoms with Crippen molar-refractivity contribution >= 4 is 129 Å². The molecule has 49 heavy (non-hydrogen) atoms. The van der Waals surface area contributed by atoms with Gasteiger partial charge in [0.2, 0.25) is 0 Å². The van der Waals surface area contributed by atoms with Crippen LogP contribution in [0.4, 0.5) is 0 Å². The van der Waals surface area contributed by atoms with Crippen LogP contribution in [-0.4, -0.2) is 0 Å². The van der Waals surface area contributed by atoms with Crippen LogP contribution < -0.4 is 0 Å². The first-order valence-electron chi connectivity index (χ1n) is 16.5. The predicted octanol–water partition coefficient (Wildman–Crippen LogP) is 15.0. The minimum atomic E-state index is 1.25. The van der Waals surface area contributed by atoms with E-state index in [2.05, 4.69) is 174 Å². The maximum Gasteiger partial charge on any atom is 0.0495 e. The predicted molar refractivity (Wildman–Crippen MR) is 226 cm³/mol. The van der Waals surface area contributed by atoms with Crippen molar-refractivity contribution < 1.29 is 0 Å². The molecule has 9 aromatic carbocycles. The van der Waals surface area contributed by atoms with Gasteiger partial charge in [0.15, 0.2) is 0 Å². The standard InChI is InChI=1S/C46H25IS2/c47-37-25-29-24-36(45-43(34-17-7-9-19-38(34)48-45)41(29)44-35-18-8-10-20-39(35)49-46(37)44)42-32-15-5-3-13-30(32)40(31-14-4-6-16-33(31)42)28-22-21-26-11-1-2-12-27(26)23-28/h1-25H. The van der Waals surface area contributed by atoms with Crippen molar-refractivity contribution in [1.82, 2.24) is 0 Å². The van der Waals surface area contributed by atoms with Gasteiger partial charge in [0.05, 0.1) is 0 Å². The first-order valence-corrected chi connectivity index (χ1v) is 19.2. The summed E-state index contributed by atoms with van der Waals surface area (Å²) >= 11 is 6.43. The molecule has 2 heterocycles. The van der Waals surface area contributed by atoms with Crippen molar-refractivity contribution in [2.45, 2.75) is 0 Å². The van der Waals surface area contributed by atoms with Gasteiger partial charge in [0.25, 0.3) is 0 Å². The Balaban J connectivity index is 1.34. The normalized spacial score (nSPS) is 12.2. The molecule has 11 aromatic rings. The van der Waals surface area contributed by atoms with Gasteiger partial charge >= 0.3 is 0 Å². The lowest BCUT2D eigenvalue weighted by Gasteiger charge is -2.19. The van der Waals surface area contributed by atoms with Crippen molar-refractivity contribution in [2.24, 2.45) is 0 Å². The van der Waals surface area contributed by atoms with Crippen LogP contribution in [-0.2, 0) is 0 Å². The monoisotopic (exact) mass is 768 g/mol. The fraction of sp³-hybridized carbons (Fsp3) is 0. The van der Waals surface area contributed by atoms with Crippen molar-refractivity contribution in [1.29, 1.82) is 0 Å². The Morgan fingerprint density at radius 3 is 1.53 bits per heavy atom. The van der Waals surface area contributed by atoms with Crippen LogP contribution in [0.5, 0.6) is 0 Å². The van der Waals surface area contributed by atoms with E-state index < -0.39 is 0 Å². The lowest BCUT2D eigenvalue weighted by atomic mass is 9.84. The molecule has 0 N–H and O–H groups in total. The lowest BCUT2D eigenvalue weighted by Crippen LogP contribution is -1.92. The molecule has 3 heteroatoms. The second-order valence-electron chi connectivity index (χ2n) is 12.9. The number of hydrogen-bond donors (Lipinski definition) is 0. The number of thiophene rings is 2. The number of halogens is 1. The minimum Gasteiger partial charge on any atom is -0.135 e. The highest BCUT2D eigenvalue weighted by atomic mass is 127. The summed E-state index contributed by atoms with van der Waals surface area (Å²) < 4.78 is 6.74. The van der Waals surface area contributed by atoms with Gasteiger partial charge < -0.3 is 0 Å². The molecular weight excluding hydrogens is 744 g/mol. The summed E-state index contributed by atoms with van der Waals surface area (Å²) in [7, 11) is 0. The Bertz CT molecular complexity index is 3120. The summed E-state index contributed by atoms with van der Waals surface area (Å²) in [5.74, 6) is 0. The van der Waals surface area contributed by atoms with Gasteiger partial charge in [-0.05, 0) is 107 Å². The largest absolute Gasteiger partial charge is 0.135 e. The Morgan fingerprint density at radius 1 is 0.367 bits per heavy atom. The van der Waals surface area contributed by atoms with E-state index in [0.29, 0.717) is 0 Å². The third-order valence-electron chi connectivity index (χ3n) is 10.3. The zero-order chi connectivity index (χ0) is 32.2. The summed E-state index contributed by atoms with van der Waals surface area (Å²) in [6, 6.07) is 56.6. The molecule has 0 radical (unpaired) electrons. The molecule has 2 aromatic heterocycles. The van der Waals surface area contributed by atoms with Gasteiger partial charge in [0, 0.05) is 54.9 Å². The molecule has 0 aliphatic carbocycles. The maximum atomic E-state index is 2.57. The second-order valence-corrected chi connectivity index (χ2v) is 16.2. The van der Waals surface area contributed by atoms with E-state index in [1.165, 1.54) is 109 Å². The molecule has 0 bridgehead atoms. The highest BCUT2D eigenvalue weighted by Gasteiger charge is 2.23. The molecule has 0 unspecified atom stereocenters. The van der Waals surface area contributed by atoms with E-state index in [1.54, 1.807) is 0 Å². The zero-order valence-corrected chi connectivity index (χ0v) is 29.9. The Kier molecular flexibility index (Phi) is 6.07. The van der Waals surface area contributed by atoms with E-state index in [-0.39, 0.29) is 0 Å². The maximum absolute atomic E-state index is 2.57. The quantitative estimate of drug-likeness (QED) is 0.121. The second kappa shape index (κ2) is 10.6. The van der Waals surface area contributed by atoms with Crippen molar-refractivity contribution in [2.75, 3.05) is 0 Å². The Labute approximate surface area is 304 Å². The molecule has 0 fully saturated rings. The zero-order valence-electron chi connectivity index (χ0n) is 26.1. The molecule has 0 amide bonds. The first kappa shape index (κ1) is 28.1. The average Bonchev–Trinajstić information content (AvgIpc) is 3.74. The van der Waals surface area contributed by atoms with Gasteiger partial charge in [-0.3, -0.25) is 0 Å². The molecular formula is C46H25IS2. The summed E-state index contributed by atoms with van der Waals surface area (Å²) in [6.45, 7) is 0. The molecule has 11 rings (SSSR count). The number of rotatable bonds is 2. The summed E-state index contributed by atoms with van der Waals surface area (Å²) in [4.78, 5) is 0.